The molecule has 1 aliphatic carbocycles. The van der Waals surface area contributed by atoms with E-state index in [4.69, 9.17) is 18.9 Å². The Morgan fingerprint density at radius 3 is 2.30 bits per heavy atom. The average Bonchev–Trinajstić information content (AvgIpc) is 3.28. The zero-order valence-corrected chi connectivity index (χ0v) is 19.7. The van der Waals surface area contributed by atoms with E-state index in [0.29, 0.717) is 24.7 Å². The van der Waals surface area contributed by atoms with Gasteiger partial charge in [0, 0.05) is 12.3 Å². The van der Waals surface area contributed by atoms with Crippen LogP contribution in [0.5, 0.6) is 0 Å². The van der Waals surface area contributed by atoms with Crippen LogP contribution in [0.2, 0.25) is 18.0 Å². The van der Waals surface area contributed by atoms with Crippen molar-refractivity contribution in [3.63, 3.8) is 0 Å². The molecule has 2 unspecified atom stereocenters. The second-order valence-electron chi connectivity index (χ2n) is 11.5. The Morgan fingerprint density at radius 1 is 0.970 bits per heavy atom. The summed E-state index contributed by atoms with van der Waals surface area (Å²) in [4.78, 5) is 0. The van der Waals surface area contributed by atoms with Crippen molar-refractivity contribution in [2.24, 2.45) is 5.92 Å². The first-order valence-corrected chi connectivity index (χ1v) is 12.8. The minimum atomic E-state index is -2.85. The number of halogens is 2. The molecule has 2 bridgehead atoms. The van der Waals surface area contributed by atoms with Gasteiger partial charge in [-0.15, -0.1) is 0 Å². The Bertz CT molecular complexity index is 845. The molecule has 180 valence electrons. The molecule has 5 fully saturated rings. The van der Waals surface area contributed by atoms with E-state index in [1.807, 2.05) is 44.2 Å². The van der Waals surface area contributed by atoms with Crippen molar-refractivity contribution in [3.05, 3.63) is 35.9 Å². The lowest BCUT2D eigenvalue weighted by Gasteiger charge is -2.43. The van der Waals surface area contributed by atoms with Gasteiger partial charge in [0.1, 0.15) is 24.5 Å². The lowest BCUT2D eigenvalue weighted by molar-refractivity contribution is -0.236. The van der Waals surface area contributed by atoms with Crippen molar-refractivity contribution in [1.82, 2.24) is 0 Å². The zero-order valence-electron chi connectivity index (χ0n) is 19.7. The standard InChI is InChI=1S/C26H35BF2O4/c1-24(2)32-22-23(33-24)31-21-20(14-27-18-10-6-11-19(27)13-7-12-18)26(28,29)16-25(21,22)30-15-17-8-4-3-5-9-17/h3-5,8-9,18-23H,6-7,10-16H2,1-2H3/t18?,19?,20?,21-,22?,23-,25-/m1/s1. The molecule has 1 aromatic rings. The SMILES string of the molecule is CC1(C)OC2[C@H](O[C@@H]3C(CB4C5CCCC4CCC5)C(F)(F)C[C@]23OCc2ccccc2)O1. The predicted octanol–water partition coefficient (Wildman–Crippen LogP) is 6.08. The highest BCUT2D eigenvalue weighted by Gasteiger charge is 2.75. The van der Waals surface area contributed by atoms with Crippen molar-refractivity contribution in [2.45, 2.75) is 119 Å². The number of hydrogen-bond donors (Lipinski definition) is 0. The summed E-state index contributed by atoms with van der Waals surface area (Å²) in [6, 6.07) is 9.74. The third kappa shape index (κ3) is 3.78. The first-order valence-electron chi connectivity index (χ1n) is 12.8. The third-order valence-corrected chi connectivity index (χ3v) is 9.11. The molecular weight excluding hydrogens is 425 g/mol. The maximum atomic E-state index is 15.8. The van der Waals surface area contributed by atoms with Gasteiger partial charge >= 0.3 is 0 Å². The fourth-order valence-corrected chi connectivity index (χ4v) is 7.73. The van der Waals surface area contributed by atoms with Crippen molar-refractivity contribution in [2.75, 3.05) is 0 Å². The lowest BCUT2D eigenvalue weighted by Crippen LogP contribution is -2.49. The zero-order chi connectivity index (χ0) is 22.8. The van der Waals surface area contributed by atoms with Gasteiger partial charge < -0.3 is 18.9 Å². The molecule has 4 saturated heterocycles. The molecule has 0 amide bonds. The number of fused-ring (bicyclic) bond motifs is 5. The molecule has 4 aliphatic heterocycles. The highest BCUT2D eigenvalue weighted by Crippen LogP contribution is 2.62. The summed E-state index contributed by atoms with van der Waals surface area (Å²) in [6.07, 6.45) is 5.36. The Kier molecular flexibility index (Phi) is 5.45. The average molecular weight is 460 g/mol. The van der Waals surface area contributed by atoms with Gasteiger partial charge in [0.25, 0.3) is 5.92 Å². The molecule has 0 radical (unpaired) electrons. The van der Waals surface area contributed by atoms with Gasteiger partial charge in [-0.2, -0.15) is 0 Å². The molecule has 0 N–H and O–H groups in total. The van der Waals surface area contributed by atoms with Crippen molar-refractivity contribution < 1.29 is 27.7 Å². The molecule has 7 heteroatoms. The largest absolute Gasteiger partial charge is 0.364 e. The normalized spacial score (nSPS) is 42.8. The van der Waals surface area contributed by atoms with Gasteiger partial charge in [0.15, 0.2) is 12.1 Å². The van der Waals surface area contributed by atoms with Crippen molar-refractivity contribution in [1.29, 1.82) is 0 Å². The summed E-state index contributed by atoms with van der Waals surface area (Å²) in [7, 11) is 0. The molecule has 1 aromatic carbocycles. The summed E-state index contributed by atoms with van der Waals surface area (Å²) in [5.74, 6) is -3.42. The van der Waals surface area contributed by atoms with Gasteiger partial charge in [-0.25, -0.2) is 8.78 Å². The highest BCUT2D eigenvalue weighted by molar-refractivity contribution is 6.62. The molecule has 0 aromatic heterocycles. The van der Waals surface area contributed by atoms with Crippen LogP contribution in [0.3, 0.4) is 0 Å². The fourth-order valence-electron chi connectivity index (χ4n) is 7.73. The maximum absolute atomic E-state index is 15.8. The highest BCUT2D eigenvalue weighted by atomic mass is 19.3. The minimum absolute atomic E-state index is 0.255. The van der Waals surface area contributed by atoms with E-state index in [2.05, 4.69) is 0 Å². The molecule has 0 spiro atoms. The Morgan fingerprint density at radius 2 is 1.64 bits per heavy atom. The van der Waals surface area contributed by atoms with Gasteiger partial charge in [-0.1, -0.05) is 86.8 Å². The van der Waals surface area contributed by atoms with Crippen molar-refractivity contribution >= 4 is 6.71 Å². The van der Waals surface area contributed by atoms with Crippen LogP contribution in [0.15, 0.2) is 30.3 Å². The van der Waals surface area contributed by atoms with Crippen LogP contribution in [-0.2, 0) is 25.6 Å². The second-order valence-corrected chi connectivity index (χ2v) is 11.5. The first-order chi connectivity index (χ1) is 15.8. The lowest BCUT2D eigenvalue weighted by atomic mass is 9.25. The van der Waals surface area contributed by atoms with Gasteiger partial charge in [0.05, 0.1) is 6.61 Å². The van der Waals surface area contributed by atoms with E-state index in [-0.39, 0.29) is 13.0 Å². The van der Waals surface area contributed by atoms with Crippen LogP contribution in [0, 0.1) is 5.92 Å². The first kappa shape index (κ1) is 22.4. The molecule has 5 atom stereocenters. The number of hydrogen-bond acceptors (Lipinski definition) is 4. The van der Waals surface area contributed by atoms with E-state index in [1.54, 1.807) is 0 Å². The van der Waals surface area contributed by atoms with Crippen LogP contribution < -0.4 is 0 Å². The minimum Gasteiger partial charge on any atom is -0.364 e. The van der Waals surface area contributed by atoms with Crippen LogP contribution in [-0.4, -0.2) is 42.5 Å². The predicted molar refractivity (Wildman–Crippen MR) is 121 cm³/mol. The van der Waals surface area contributed by atoms with Crippen LogP contribution in [0.25, 0.3) is 0 Å². The number of rotatable bonds is 5. The van der Waals surface area contributed by atoms with Crippen LogP contribution in [0.1, 0.15) is 64.4 Å². The smallest absolute Gasteiger partial charge is 0.255 e. The Balaban J connectivity index is 1.30. The van der Waals surface area contributed by atoms with Crippen LogP contribution in [0.4, 0.5) is 8.78 Å². The quantitative estimate of drug-likeness (QED) is 0.500. The van der Waals surface area contributed by atoms with E-state index in [0.717, 1.165) is 5.56 Å². The summed E-state index contributed by atoms with van der Waals surface area (Å²) in [6.45, 7) is 4.24. The van der Waals surface area contributed by atoms with E-state index >= 15 is 8.78 Å². The molecule has 5 aliphatic rings. The summed E-state index contributed by atoms with van der Waals surface area (Å²) < 4.78 is 56.6. The second kappa shape index (κ2) is 8.01. The van der Waals surface area contributed by atoms with Crippen LogP contribution >= 0.6 is 0 Å². The summed E-state index contributed by atoms with van der Waals surface area (Å²) >= 11 is 0. The molecular formula is C26H35BF2O4. The Hall–Kier alpha value is -1.02. The Labute approximate surface area is 195 Å². The molecule has 33 heavy (non-hydrogen) atoms. The number of ether oxygens (including phenoxy) is 4. The van der Waals surface area contributed by atoms with Gasteiger partial charge in [-0.05, 0) is 19.4 Å². The summed E-state index contributed by atoms with van der Waals surface area (Å²) in [5.41, 5.74) is -0.243. The van der Waals surface area contributed by atoms with E-state index < -0.39 is 41.7 Å². The van der Waals surface area contributed by atoms with Crippen molar-refractivity contribution in [3.8, 4) is 0 Å². The number of alkyl halides is 2. The molecule has 4 heterocycles. The molecule has 1 saturated carbocycles. The van der Waals surface area contributed by atoms with E-state index in [9.17, 15) is 0 Å². The number of benzene rings is 1. The monoisotopic (exact) mass is 460 g/mol. The molecule has 4 nitrogen and oxygen atoms in total. The van der Waals surface area contributed by atoms with Gasteiger partial charge in [0.2, 0.25) is 0 Å². The van der Waals surface area contributed by atoms with Gasteiger partial charge in [-0.3, -0.25) is 0 Å². The fraction of sp³-hybridized carbons (Fsp3) is 0.769. The maximum Gasteiger partial charge on any atom is 0.255 e. The summed E-state index contributed by atoms with van der Waals surface area (Å²) in [5, 5.41) is 0. The van der Waals surface area contributed by atoms with E-state index in [1.165, 1.54) is 38.5 Å². The molecule has 6 rings (SSSR count). The topological polar surface area (TPSA) is 36.9 Å². The third-order valence-electron chi connectivity index (χ3n) is 9.11.